The Kier molecular flexibility index (Phi) is 4.05. The minimum Gasteiger partial charge on any atom is -0.550 e. The Balaban J connectivity index is 2.25. The molecule has 0 aliphatic heterocycles. The summed E-state index contributed by atoms with van der Waals surface area (Å²) in [5.41, 5.74) is 0. The highest BCUT2D eigenvalue weighted by Gasteiger charge is 2.66. The first-order valence-corrected chi connectivity index (χ1v) is 5.57. The zero-order chi connectivity index (χ0) is 11.5. The first kappa shape index (κ1) is 12.4. The number of carbonyl (C=O) groups excluding carboxylic acids is 1. The Morgan fingerprint density at radius 3 is 2.40 bits per heavy atom. The van der Waals surface area contributed by atoms with Crippen LogP contribution in [0.2, 0.25) is 0 Å². The first-order chi connectivity index (χ1) is 7.00. The van der Waals surface area contributed by atoms with Crippen molar-refractivity contribution in [1.29, 1.82) is 0 Å². The number of alkyl halides is 2. The molecule has 1 rings (SSSR count). The average Bonchev–Trinajstić information content (AvgIpc) is 2.65. The van der Waals surface area contributed by atoms with Gasteiger partial charge in [-0.25, -0.2) is 8.78 Å². The molecule has 0 aromatic rings. The molecule has 1 fully saturated rings. The fraction of sp³-hybridized carbons (Fsp3) is 0.909. The van der Waals surface area contributed by atoms with Crippen molar-refractivity contribution in [2.75, 3.05) is 0 Å². The van der Waals surface area contributed by atoms with Crippen LogP contribution in [0.15, 0.2) is 0 Å². The smallest absolute Gasteiger partial charge is 0.254 e. The number of hydrogen-bond acceptors (Lipinski definition) is 2. The van der Waals surface area contributed by atoms with Crippen LogP contribution in [0.25, 0.3) is 0 Å². The maximum atomic E-state index is 13.1. The molecular weight excluding hydrogens is 202 g/mol. The molecule has 0 radical (unpaired) electrons. The van der Waals surface area contributed by atoms with Crippen LogP contribution in [-0.2, 0) is 4.79 Å². The molecule has 0 aromatic heterocycles. The van der Waals surface area contributed by atoms with Crippen LogP contribution in [0.5, 0.6) is 0 Å². The third-order valence-corrected chi connectivity index (χ3v) is 3.14. The van der Waals surface area contributed by atoms with Crippen LogP contribution in [-0.4, -0.2) is 11.9 Å². The van der Waals surface area contributed by atoms with Gasteiger partial charge in [0.1, 0.15) is 0 Å². The van der Waals surface area contributed by atoms with E-state index in [0.717, 1.165) is 19.3 Å². The predicted molar refractivity (Wildman–Crippen MR) is 50.3 cm³/mol. The number of halogens is 2. The number of carbonyl (C=O) groups is 1. The molecule has 2 atom stereocenters. The number of carboxylic acid groups (broad SMARTS) is 1. The maximum absolute atomic E-state index is 13.1. The van der Waals surface area contributed by atoms with Crippen molar-refractivity contribution < 1.29 is 18.7 Å². The summed E-state index contributed by atoms with van der Waals surface area (Å²) in [5, 5.41) is 10.2. The molecule has 2 unspecified atom stereocenters. The highest BCUT2D eigenvalue weighted by molar-refractivity contribution is 5.64. The molecule has 88 valence electrons. The van der Waals surface area contributed by atoms with Gasteiger partial charge in [0.25, 0.3) is 5.92 Å². The Morgan fingerprint density at radius 1 is 1.27 bits per heavy atom. The number of hydrogen-bond donors (Lipinski definition) is 0. The minimum absolute atomic E-state index is 0.0616. The van der Waals surface area contributed by atoms with E-state index in [1.807, 2.05) is 6.92 Å². The fourth-order valence-electron chi connectivity index (χ4n) is 2.14. The van der Waals surface area contributed by atoms with E-state index < -0.39 is 23.7 Å². The average molecular weight is 219 g/mol. The zero-order valence-electron chi connectivity index (χ0n) is 8.97. The monoisotopic (exact) mass is 219 g/mol. The minimum atomic E-state index is -2.62. The van der Waals surface area contributed by atoms with E-state index in [1.54, 1.807) is 0 Å². The van der Waals surface area contributed by atoms with Crippen molar-refractivity contribution in [1.82, 2.24) is 0 Å². The molecule has 1 aliphatic rings. The lowest BCUT2D eigenvalue weighted by molar-refractivity contribution is -0.305. The second-order valence-electron chi connectivity index (χ2n) is 4.29. The maximum Gasteiger partial charge on any atom is 0.254 e. The highest BCUT2D eigenvalue weighted by atomic mass is 19.3. The molecule has 2 nitrogen and oxygen atoms in total. The summed E-state index contributed by atoms with van der Waals surface area (Å²) in [4.78, 5) is 10.2. The van der Waals surface area contributed by atoms with E-state index in [2.05, 4.69) is 0 Å². The third-order valence-electron chi connectivity index (χ3n) is 3.14. The summed E-state index contributed by atoms with van der Waals surface area (Å²) >= 11 is 0. The van der Waals surface area contributed by atoms with E-state index in [4.69, 9.17) is 0 Å². The van der Waals surface area contributed by atoms with Crippen molar-refractivity contribution in [3.8, 4) is 0 Å². The van der Waals surface area contributed by atoms with Crippen molar-refractivity contribution in [3.63, 3.8) is 0 Å². The van der Waals surface area contributed by atoms with Gasteiger partial charge in [-0.3, -0.25) is 0 Å². The Bertz CT molecular complexity index is 229. The van der Waals surface area contributed by atoms with E-state index in [0.29, 0.717) is 6.42 Å². The Labute approximate surface area is 88.7 Å². The second-order valence-corrected chi connectivity index (χ2v) is 4.29. The van der Waals surface area contributed by atoms with Crippen LogP contribution in [0.4, 0.5) is 8.78 Å². The fourth-order valence-corrected chi connectivity index (χ4v) is 2.14. The lowest BCUT2D eigenvalue weighted by Gasteiger charge is -1.99. The summed E-state index contributed by atoms with van der Waals surface area (Å²) in [5.74, 6) is -5.15. The normalized spacial score (nSPS) is 27.7. The van der Waals surface area contributed by atoms with Crippen LogP contribution in [0.1, 0.15) is 45.4 Å². The van der Waals surface area contributed by atoms with Crippen LogP contribution >= 0.6 is 0 Å². The van der Waals surface area contributed by atoms with Gasteiger partial charge in [0.2, 0.25) is 0 Å². The summed E-state index contributed by atoms with van der Waals surface area (Å²) in [6.45, 7) is 2.03. The summed E-state index contributed by atoms with van der Waals surface area (Å²) in [6, 6.07) is 0. The summed E-state index contributed by atoms with van der Waals surface area (Å²) in [7, 11) is 0. The van der Waals surface area contributed by atoms with Gasteiger partial charge in [0.05, 0.1) is 0 Å². The summed E-state index contributed by atoms with van der Waals surface area (Å²) in [6.07, 6.45) is 3.15. The Morgan fingerprint density at radius 2 is 1.87 bits per heavy atom. The van der Waals surface area contributed by atoms with Gasteiger partial charge in [-0.15, -0.1) is 0 Å². The van der Waals surface area contributed by atoms with Gasteiger partial charge >= 0.3 is 0 Å². The van der Waals surface area contributed by atoms with Gasteiger partial charge in [-0.05, 0) is 19.3 Å². The van der Waals surface area contributed by atoms with Gasteiger partial charge in [0.15, 0.2) is 0 Å². The van der Waals surface area contributed by atoms with Crippen molar-refractivity contribution in [3.05, 3.63) is 0 Å². The zero-order valence-corrected chi connectivity index (χ0v) is 8.97. The van der Waals surface area contributed by atoms with Crippen LogP contribution in [0.3, 0.4) is 0 Å². The van der Waals surface area contributed by atoms with Gasteiger partial charge < -0.3 is 9.90 Å². The molecule has 1 saturated carbocycles. The highest BCUT2D eigenvalue weighted by Crippen LogP contribution is 2.59. The lowest BCUT2D eigenvalue weighted by Crippen LogP contribution is -2.22. The van der Waals surface area contributed by atoms with Gasteiger partial charge in [-0.1, -0.05) is 26.2 Å². The number of aliphatic carboxylic acids is 1. The molecule has 0 heterocycles. The molecule has 0 saturated heterocycles. The Hall–Kier alpha value is -0.670. The van der Waals surface area contributed by atoms with E-state index in [1.165, 1.54) is 0 Å². The molecular formula is C11H17F2O2-. The third kappa shape index (κ3) is 3.14. The number of rotatable bonds is 7. The van der Waals surface area contributed by atoms with Crippen molar-refractivity contribution in [2.45, 2.75) is 51.4 Å². The first-order valence-electron chi connectivity index (χ1n) is 5.57. The SMILES string of the molecule is CCCCCC1C(CCC(=O)[O-])C1(F)F. The molecule has 0 amide bonds. The van der Waals surface area contributed by atoms with Gasteiger partial charge in [-0.2, -0.15) is 0 Å². The van der Waals surface area contributed by atoms with E-state index in [-0.39, 0.29) is 12.8 Å². The van der Waals surface area contributed by atoms with Gasteiger partial charge in [0, 0.05) is 17.8 Å². The topological polar surface area (TPSA) is 40.1 Å². The van der Waals surface area contributed by atoms with Crippen LogP contribution < -0.4 is 5.11 Å². The molecule has 0 spiro atoms. The van der Waals surface area contributed by atoms with Crippen molar-refractivity contribution in [2.24, 2.45) is 11.8 Å². The lowest BCUT2D eigenvalue weighted by atomic mass is 10.1. The van der Waals surface area contributed by atoms with Crippen LogP contribution in [0, 0.1) is 11.8 Å². The van der Waals surface area contributed by atoms with Crippen molar-refractivity contribution >= 4 is 5.97 Å². The largest absolute Gasteiger partial charge is 0.550 e. The molecule has 0 aromatic carbocycles. The number of unbranched alkanes of at least 4 members (excludes halogenated alkanes) is 2. The molecule has 4 heteroatoms. The van der Waals surface area contributed by atoms with E-state index >= 15 is 0 Å². The standard InChI is InChI=1S/C11H18F2O2/c1-2-3-4-5-8-9(11(8,12)13)6-7-10(14)15/h8-9H,2-7H2,1H3,(H,14,15)/p-1. The quantitative estimate of drug-likeness (QED) is 0.614. The van der Waals surface area contributed by atoms with E-state index in [9.17, 15) is 18.7 Å². The molecule has 15 heavy (non-hydrogen) atoms. The molecule has 0 N–H and O–H groups in total. The summed E-state index contributed by atoms with van der Waals surface area (Å²) < 4.78 is 26.3. The molecule has 0 bridgehead atoms. The molecule has 1 aliphatic carbocycles. The number of carboxylic acids is 1. The predicted octanol–water partition coefficient (Wildman–Crippen LogP) is 1.98. The second kappa shape index (κ2) is 4.90.